The summed E-state index contributed by atoms with van der Waals surface area (Å²) < 4.78 is 22.3. The van der Waals surface area contributed by atoms with Gasteiger partial charge in [0.1, 0.15) is 0 Å². The van der Waals surface area contributed by atoms with Crippen LogP contribution in [0.3, 0.4) is 0 Å². The summed E-state index contributed by atoms with van der Waals surface area (Å²) in [6.07, 6.45) is 0.111. The maximum Gasteiger partial charge on any atom is 0.156 e. The lowest BCUT2D eigenvalue weighted by molar-refractivity contribution is 0.239. The highest BCUT2D eigenvalue weighted by molar-refractivity contribution is 7.91. The summed E-state index contributed by atoms with van der Waals surface area (Å²) in [6.45, 7) is 6.49. The van der Waals surface area contributed by atoms with Crippen LogP contribution in [0.4, 0.5) is 0 Å². The molecular formula is C8H14O4S. The predicted octanol–water partition coefficient (Wildman–Crippen LogP) is -0.505. The van der Waals surface area contributed by atoms with Crippen LogP contribution in [0.25, 0.3) is 0 Å². The minimum Gasteiger partial charge on any atom is -0.388 e. The Morgan fingerprint density at radius 1 is 1.08 bits per heavy atom. The van der Waals surface area contributed by atoms with Crippen LogP contribution in [0.5, 0.6) is 0 Å². The van der Waals surface area contributed by atoms with Crippen LogP contribution in [0.1, 0.15) is 0 Å². The molecule has 2 atom stereocenters. The van der Waals surface area contributed by atoms with Crippen molar-refractivity contribution in [1.82, 2.24) is 0 Å². The van der Waals surface area contributed by atoms with Gasteiger partial charge in [-0.2, -0.15) is 0 Å². The molecule has 2 N–H and O–H groups in total. The van der Waals surface area contributed by atoms with Gasteiger partial charge in [-0.15, -0.1) is 13.2 Å². The summed E-state index contributed by atoms with van der Waals surface area (Å²) in [7, 11) is -3.45. The topological polar surface area (TPSA) is 74.6 Å². The Morgan fingerprint density at radius 3 is 1.62 bits per heavy atom. The fourth-order valence-corrected chi connectivity index (χ4v) is 2.17. The SMILES string of the molecule is C=CC(O)CS(=O)(=O)CC(O)C=C. The van der Waals surface area contributed by atoms with Gasteiger partial charge in [0.2, 0.25) is 0 Å². The third-order valence-corrected chi connectivity index (χ3v) is 3.09. The van der Waals surface area contributed by atoms with Crippen molar-refractivity contribution in [3.05, 3.63) is 25.3 Å². The lowest BCUT2D eigenvalue weighted by atomic mass is 10.4. The molecule has 5 heteroatoms. The first kappa shape index (κ1) is 12.3. The van der Waals surface area contributed by atoms with Crippen molar-refractivity contribution in [3.8, 4) is 0 Å². The van der Waals surface area contributed by atoms with Crippen molar-refractivity contribution in [2.45, 2.75) is 12.2 Å². The second-order valence-electron chi connectivity index (χ2n) is 2.68. The Kier molecular flexibility index (Phi) is 4.90. The van der Waals surface area contributed by atoms with E-state index in [1.807, 2.05) is 0 Å². The predicted molar refractivity (Wildman–Crippen MR) is 51.1 cm³/mol. The van der Waals surface area contributed by atoms with E-state index in [-0.39, 0.29) is 0 Å². The van der Waals surface area contributed by atoms with E-state index < -0.39 is 33.6 Å². The molecule has 0 bridgehead atoms. The molecule has 2 unspecified atom stereocenters. The summed E-state index contributed by atoms with van der Waals surface area (Å²) in [5.74, 6) is -0.831. The van der Waals surface area contributed by atoms with E-state index >= 15 is 0 Å². The maximum atomic E-state index is 11.2. The molecule has 0 amide bonds. The van der Waals surface area contributed by atoms with Crippen LogP contribution in [0, 0.1) is 0 Å². The third kappa shape index (κ3) is 5.57. The van der Waals surface area contributed by atoms with Gasteiger partial charge in [-0.1, -0.05) is 12.2 Å². The quantitative estimate of drug-likeness (QED) is 0.574. The highest BCUT2D eigenvalue weighted by atomic mass is 32.2. The van der Waals surface area contributed by atoms with Gasteiger partial charge in [0.15, 0.2) is 9.84 Å². The molecule has 0 radical (unpaired) electrons. The van der Waals surface area contributed by atoms with Crippen LogP contribution in [0.15, 0.2) is 25.3 Å². The highest BCUT2D eigenvalue weighted by Gasteiger charge is 2.18. The second-order valence-corrected chi connectivity index (χ2v) is 4.84. The number of sulfone groups is 1. The van der Waals surface area contributed by atoms with Crippen molar-refractivity contribution in [3.63, 3.8) is 0 Å². The second kappa shape index (κ2) is 5.16. The Morgan fingerprint density at radius 2 is 1.38 bits per heavy atom. The summed E-state index contributed by atoms with van der Waals surface area (Å²) in [4.78, 5) is 0. The van der Waals surface area contributed by atoms with Gasteiger partial charge in [0.25, 0.3) is 0 Å². The van der Waals surface area contributed by atoms with Gasteiger partial charge in [-0.3, -0.25) is 0 Å². The molecule has 0 aliphatic rings. The Hall–Kier alpha value is -0.650. The van der Waals surface area contributed by atoms with E-state index in [9.17, 15) is 8.42 Å². The van der Waals surface area contributed by atoms with Gasteiger partial charge in [0, 0.05) is 0 Å². The summed E-state index contributed by atoms with van der Waals surface area (Å²) in [5, 5.41) is 17.9. The van der Waals surface area contributed by atoms with Crippen molar-refractivity contribution in [2.75, 3.05) is 11.5 Å². The summed E-state index contributed by atoms with van der Waals surface area (Å²) >= 11 is 0. The van der Waals surface area contributed by atoms with Crippen LogP contribution in [-0.2, 0) is 9.84 Å². The molecule has 76 valence electrons. The van der Waals surface area contributed by atoms with Crippen molar-refractivity contribution in [1.29, 1.82) is 0 Å². The van der Waals surface area contributed by atoms with Crippen LogP contribution >= 0.6 is 0 Å². The Bertz CT molecular complexity index is 246. The number of hydrogen-bond donors (Lipinski definition) is 2. The van der Waals surface area contributed by atoms with Crippen molar-refractivity contribution < 1.29 is 18.6 Å². The molecule has 13 heavy (non-hydrogen) atoms. The first-order valence-corrected chi connectivity index (χ1v) is 5.55. The molecule has 0 heterocycles. The van der Waals surface area contributed by atoms with Gasteiger partial charge < -0.3 is 10.2 Å². The number of aliphatic hydroxyl groups is 2. The molecule has 4 nitrogen and oxygen atoms in total. The summed E-state index contributed by atoms with van der Waals surface area (Å²) in [5.41, 5.74) is 0. The Labute approximate surface area is 78.1 Å². The molecule has 0 saturated carbocycles. The van der Waals surface area contributed by atoms with Crippen molar-refractivity contribution in [2.24, 2.45) is 0 Å². The number of aliphatic hydroxyl groups excluding tert-OH is 2. The van der Waals surface area contributed by atoms with E-state index in [1.54, 1.807) is 0 Å². The van der Waals surface area contributed by atoms with Gasteiger partial charge >= 0.3 is 0 Å². The minimum atomic E-state index is -3.45. The zero-order valence-corrected chi connectivity index (χ0v) is 8.07. The van der Waals surface area contributed by atoms with Crippen LogP contribution in [-0.4, -0.2) is 42.3 Å². The van der Waals surface area contributed by atoms with Crippen LogP contribution in [0.2, 0.25) is 0 Å². The molecular weight excluding hydrogens is 192 g/mol. The largest absolute Gasteiger partial charge is 0.388 e. The number of rotatable bonds is 6. The minimum absolute atomic E-state index is 0.415. The maximum absolute atomic E-state index is 11.2. The standard InChI is InChI=1S/C8H14O4S/c1-3-7(9)5-13(11,12)6-8(10)4-2/h3-4,7-10H,1-2,5-6H2. The monoisotopic (exact) mass is 206 g/mol. The summed E-state index contributed by atoms with van der Waals surface area (Å²) in [6, 6.07) is 0. The van der Waals surface area contributed by atoms with Crippen molar-refractivity contribution >= 4 is 9.84 Å². The van der Waals surface area contributed by atoms with E-state index in [0.29, 0.717) is 0 Å². The molecule has 0 aromatic rings. The molecule has 0 rings (SSSR count). The first-order valence-electron chi connectivity index (χ1n) is 3.73. The van der Waals surface area contributed by atoms with E-state index in [4.69, 9.17) is 10.2 Å². The van der Waals surface area contributed by atoms with E-state index in [0.717, 1.165) is 12.2 Å². The molecule has 0 spiro atoms. The highest BCUT2D eigenvalue weighted by Crippen LogP contribution is 1.99. The number of hydrogen-bond acceptors (Lipinski definition) is 4. The normalized spacial score (nSPS) is 16.2. The fraction of sp³-hybridized carbons (Fsp3) is 0.500. The molecule has 0 saturated heterocycles. The Balaban J connectivity index is 4.24. The molecule has 0 aromatic carbocycles. The zero-order chi connectivity index (χ0) is 10.5. The third-order valence-electron chi connectivity index (χ3n) is 1.39. The first-order chi connectivity index (χ1) is 5.91. The van der Waals surface area contributed by atoms with Gasteiger partial charge in [-0.25, -0.2) is 8.42 Å². The molecule has 0 fully saturated rings. The lowest BCUT2D eigenvalue weighted by Crippen LogP contribution is -2.26. The molecule has 0 aromatic heterocycles. The average molecular weight is 206 g/mol. The van der Waals surface area contributed by atoms with E-state index in [1.165, 1.54) is 0 Å². The average Bonchev–Trinajstić information content (AvgIpc) is 2.02. The zero-order valence-electron chi connectivity index (χ0n) is 7.26. The van der Waals surface area contributed by atoms with E-state index in [2.05, 4.69) is 13.2 Å². The van der Waals surface area contributed by atoms with Gasteiger partial charge in [-0.05, 0) is 0 Å². The molecule has 0 aliphatic heterocycles. The van der Waals surface area contributed by atoms with Crippen LogP contribution < -0.4 is 0 Å². The lowest BCUT2D eigenvalue weighted by Gasteiger charge is -2.08. The fourth-order valence-electron chi connectivity index (χ4n) is 0.724. The smallest absolute Gasteiger partial charge is 0.156 e. The molecule has 0 aliphatic carbocycles. The van der Waals surface area contributed by atoms with Gasteiger partial charge in [0.05, 0.1) is 23.7 Å².